The molecule has 204 valence electrons. The number of benzene rings is 6. The van der Waals surface area contributed by atoms with Crippen LogP contribution in [-0.4, -0.2) is 11.7 Å². The summed E-state index contributed by atoms with van der Waals surface area (Å²) in [4.78, 5) is 10.1. The number of nitrogens with zero attached hydrogens (tertiary/aromatic N) is 2. The monoisotopic (exact) mass is 569 g/mol. The Morgan fingerprint density at radius 1 is 0.465 bits per heavy atom. The van der Waals surface area contributed by atoms with Crippen molar-refractivity contribution in [3.63, 3.8) is 0 Å². The van der Waals surface area contributed by atoms with Crippen LogP contribution in [0, 0.1) is 0 Å². The number of thiophene rings is 1. The lowest BCUT2D eigenvalue weighted by molar-refractivity contribution is 0.756. The Labute approximate surface area is 254 Å². The third-order valence-electron chi connectivity index (χ3n) is 7.94. The highest BCUT2D eigenvalue weighted by Gasteiger charge is 2.21. The van der Waals surface area contributed by atoms with E-state index in [0.29, 0.717) is 0 Å². The van der Waals surface area contributed by atoms with E-state index in [1.54, 1.807) is 0 Å². The van der Waals surface area contributed by atoms with Crippen LogP contribution in [-0.2, 0) is 0 Å². The quantitative estimate of drug-likeness (QED) is 0.220. The lowest BCUT2D eigenvalue weighted by atomic mass is 9.98. The smallest absolute Gasteiger partial charge is 0.169 e. The highest BCUT2D eigenvalue weighted by molar-refractivity contribution is 7.26. The Morgan fingerprint density at radius 2 is 1.09 bits per heavy atom. The van der Waals surface area contributed by atoms with Crippen molar-refractivity contribution in [1.82, 2.24) is 5.32 Å². The van der Waals surface area contributed by atoms with Crippen LogP contribution in [0.1, 0.15) is 22.9 Å². The van der Waals surface area contributed by atoms with Gasteiger partial charge in [0.15, 0.2) is 6.17 Å². The van der Waals surface area contributed by atoms with Crippen LogP contribution in [0.4, 0.5) is 0 Å². The van der Waals surface area contributed by atoms with Gasteiger partial charge in [-0.05, 0) is 52.1 Å². The van der Waals surface area contributed by atoms with E-state index in [1.807, 2.05) is 47.7 Å². The normalized spacial score (nSPS) is 14.7. The van der Waals surface area contributed by atoms with Crippen molar-refractivity contribution in [3.8, 4) is 22.3 Å². The number of aliphatic imine (C=N–C) groups is 2. The first kappa shape index (κ1) is 25.4. The molecule has 4 heteroatoms. The molecule has 0 aliphatic carbocycles. The fourth-order valence-corrected chi connectivity index (χ4v) is 7.00. The van der Waals surface area contributed by atoms with Crippen molar-refractivity contribution in [3.05, 3.63) is 168 Å². The van der Waals surface area contributed by atoms with E-state index in [0.717, 1.165) is 28.4 Å². The van der Waals surface area contributed by atoms with E-state index >= 15 is 0 Å². The molecule has 0 saturated heterocycles. The van der Waals surface area contributed by atoms with E-state index < -0.39 is 0 Å². The minimum atomic E-state index is -0.314. The summed E-state index contributed by atoms with van der Waals surface area (Å²) in [5.41, 5.74) is 8.10. The van der Waals surface area contributed by atoms with Crippen molar-refractivity contribution in [2.24, 2.45) is 9.98 Å². The molecule has 8 rings (SSSR count). The molecule has 2 heterocycles. The Balaban J connectivity index is 1.22. The van der Waals surface area contributed by atoms with E-state index in [2.05, 4.69) is 121 Å². The van der Waals surface area contributed by atoms with Gasteiger partial charge < -0.3 is 5.32 Å². The Bertz CT molecular complexity index is 2150. The SMILES string of the molecule is c1ccc(C2=NC(c3ccccc3)N=C(c3ccc4sc5c(-c6cccc(-c7ccccc7)c6)cccc5c4c3)N2)cc1. The number of hydrogen-bond acceptors (Lipinski definition) is 4. The van der Waals surface area contributed by atoms with Crippen LogP contribution >= 0.6 is 11.3 Å². The second-order valence-electron chi connectivity index (χ2n) is 10.7. The molecule has 1 atom stereocenters. The molecular formula is C39H27N3S. The predicted octanol–water partition coefficient (Wildman–Crippen LogP) is 9.88. The van der Waals surface area contributed by atoms with Crippen LogP contribution in [0.3, 0.4) is 0 Å². The molecule has 0 saturated carbocycles. The first-order chi connectivity index (χ1) is 21.3. The molecule has 0 radical (unpaired) electrons. The molecule has 43 heavy (non-hydrogen) atoms. The van der Waals surface area contributed by atoms with Crippen LogP contribution < -0.4 is 5.32 Å². The maximum Gasteiger partial charge on any atom is 0.169 e. The largest absolute Gasteiger partial charge is 0.324 e. The minimum absolute atomic E-state index is 0.314. The molecule has 0 spiro atoms. The van der Waals surface area contributed by atoms with Gasteiger partial charge in [-0.15, -0.1) is 11.3 Å². The number of amidine groups is 2. The van der Waals surface area contributed by atoms with Gasteiger partial charge in [-0.1, -0.05) is 127 Å². The van der Waals surface area contributed by atoms with E-state index in [1.165, 1.54) is 42.4 Å². The summed E-state index contributed by atoms with van der Waals surface area (Å²) < 4.78 is 2.56. The Kier molecular flexibility index (Phi) is 6.39. The second-order valence-corrected chi connectivity index (χ2v) is 11.7. The summed E-state index contributed by atoms with van der Waals surface area (Å²) in [6, 6.07) is 53.3. The summed E-state index contributed by atoms with van der Waals surface area (Å²) in [5.74, 6) is 1.66. The van der Waals surface area contributed by atoms with Crippen molar-refractivity contribution < 1.29 is 0 Å². The number of hydrogen-bond donors (Lipinski definition) is 1. The van der Waals surface area contributed by atoms with E-state index in [4.69, 9.17) is 9.98 Å². The van der Waals surface area contributed by atoms with Crippen molar-refractivity contribution in [2.45, 2.75) is 6.17 Å². The summed E-state index contributed by atoms with van der Waals surface area (Å²) in [6.07, 6.45) is -0.314. The standard InChI is InChI=1S/C39H27N3S/c1-4-12-26(13-5-1)29-18-10-19-30(24-29)32-20-11-21-33-34-25-31(22-23-35(34)43-36(32)33)39-41-37(27-14-6-2-7-15-27)40-38(42-39)28-16-8-3-9-17-28/h1-25,37H,(H,40,41,42). The molecule has 0 bridgehead atoms. The zero-order valence-electron chi connectivity index (χ0n) is 23.3. The molecule has 0 amide bonds. The molecule has 1 aromatic heterocycles. The van der Waals surface area contributed by atoms with Gasteiger partial charge in [0.05, 0.1) is 0 Å². The van der Waals surface area contributed by atoms with Gasteiger partial charge >= 0.3 is 0 Å². The fourth-order valence-electron chi connectivity index (χ4n) is 5.78. The fraction of sp³-hybridized carbons (Fsp3) is 0.0256. The average molecular weight is 570 g/mol. The molecule has 1 unspecified atom stereocenters. The van der Waals surface area contributed by atoms with Crippen LogP contribution in [0.2, 0.25) is 0 Å². The highest BCUT2D eigenvalue weighted by atomic mass is 32.1. The van der Waals surface area contributed by atoms with Crippen LogP contribution in [0.15, 0.2) is 162 Å². The third-order valence-corrected chi connectivity index (χ3v) is 9.16. The summed E-state index contributed by atoms with van der Waals surface area (Å²) in [6.45, 7) is 0. The van der Waals surface area contributed by atoms with Gasteiger partial charge in [-0.3, -0.25) is 0 Å². The van der Waals surface area contributed by atoms with Gasteiger partial charge in [-0.25, -0.2) is 9.98 Å². The zero-order chi connectivity index (χ0) is 28.6. The second kappa shape index (κ2) is 10.8. The van der Waals surface area contributed by atoms with Crippen molar-refractivity contribution >= 4 is 43.2 Å². The lowest BCUT2D eigenvalue weighted by Gasteiger charge is -2.22. The van der Waals surface area contributed by atoms with Gasteiger partial charge in [-0.2, -0.15) is 0 Å². The van der Waals surface area contributed by atoms with Crippen LogP contribution in [0.25, 0.3) is 42.4 Å². The van der Waals surface area contributed by atoms with E-state index in [9.17, 15) is 0 Å². The van der Waals surface area contributed by atoms with Crippen molar-refractivity contribution in [1.29, 1.82) is 0 Å². The average Bonchev–Trinajstić information content (AvgIpc) is 3.47. The molecular weight excluding hydrogens is 543 g/mol. The first-order valence-electron chi connectivity index (χ1n) is 14.4. The van der Waals surface area contributed by atoms with Gasteiger partial charge in [0, 0.05) is 31.3 Å². The van der Waals surface area contributed by atoms with Gasteiger partial charge in [0.2, 0.25) is 0 Å². The molecule has 6 aromatic carbocycles. The van der Waals surface area contributed by atoms with Gasteiger partial charge in [0.1, 0.15) is 11.7 Å². The van der Waals surface area contributed by atoms with Gasteiger partial charge in [0.25, 0.3) is 0 Å². The number of fused-ring (bicyclic) bond motifs is 3. The maximum atomic E-state index is 5.09. The van der Waals surface area contributed by atoms with E-state index in [-0.39, 0.29) is 6.17 Å². The number of nitrogens with one attached hydrogen (secondary N) is 1. The Morgan fingerprint density at radius 3 is 1.86 bits per heavy atom. The lowest BCUT2D eigenvalue weighted by Crippen LogP contribution is -2.36. The molecule has 7 aromatic rings. The topological polar surface area (TPSA) is 36.8 Å². The molecule has 1 aliphatic heterocycles. The number of rotatable bonds is 5. The predicted molar refractivity (Wildman–Crippen MR) is 182 cm³/mol. The zero-order valence-corrected chi connectivity index (χ0v) is 24.1. The summed E-state index contributed by atoms with van der Waals surface area (Å²) in [7, 11) is 0. The first-order valence-corrected chi connectivity index (χ1v) is 15.3. The third kappa shape index (κ3) is 4.82. The molecule has 1 N–H and O–H groups in total. The molecule has 1 aliphatic rings. The summed E-state index contributed by atoms with van der Waals surface area (Å²) in [5, 5.41) is 6.05. The highest BCUT2D eigenvalue weighted by Crippen LogP contribution is 2.41. The maximum absolute atomic E-state index is 5.09. The summed E-state index contributed by atoms with van der Waals surface area (Å²) >= 11 is 1.85. The molecule has 0 fully saturated rings. The molecule has 3 nitrogen and oxygen atoms in total. The van der Waals surface area contributed by atoms with Crippen molar-refractivity contribution in [2.75, 3.05) is 0 Å². The van der Waals surface area contributed by atoms with Crippen LogP contribution in [0.5, 0.6) is 0 Å². The Hall–Kier alpha value is -5.32. The minimum Gasteiger partial charge on any atom is -0.324 e.